The van der Waals surface area contributed by atoms with E-state index in [-0.39, 0.29) is 0 Å². The molecule has 49 heavy (non-hydrogen) atoms. The number of rotatable bonds is 5. The van der Waals surface area contributed by atoms with Crippen molar-refractivity contribution in [3.63, 3.8) is 0 Å². The fraction of sp³-hybridized carbons (Fsp3) is 0. The van der Waals surface area contributed by atoms with E-state index in [0.717, 1.165) is 88.3 Å². The first-order chi connectivity index (χ1) is 24.3. The van der Waals surface area contributed by atoms with Gasteiger partial charge in [-0.1, -0.05) is 97.1 Å². The highest BCUT2D eigenvalue weighted by molar-refractivity contribution is 6.22. The largest absolute Gasteiger partial charge is 0.456 e. The van der Waals surface area contributed by atoms with Crippen LogP contribution in [-0.2, 0) is 0 Å². The molecule has 4 nitrogen and oxygen atoms in total. The molecule has 0 radical (unpaired) electrons. The van der Waals surface area contributed by atoms with Crippen LogP contribution < -0.4 is 4.90 Å². The number of benzene rings is 8. The Hall–Kier alpha value is -6.65. The average molecular weight is 629 g/mol. The maximum absolute atomic E-state index is 6.62. The van der Waals surface area contributed by atoms with Crippen LogP contribution in [0.25, 0.3) is 77.2 Å². The van der Waals surface area contributed by atoms with Gasteiger partial charge in [0.1, 0.15) is 16.7 Å². The van der Waals surface area contributed by atoms with Gasteiger partial charge in [-0.3, -0.25) is 0 Å². The molecule has 0 saturated carbocycles. The number of hydrogen-bond donors (Lipinski definition) is 0. The van der Waals surface area contributed by atoms with Gasteiger partial charge in [-0.25, -0.2) is 4.98 Å². The minimum Gasteiger partial charge on any atom is -0.456 e. The Kier molecular flexibility index (Phi) is 6.15. The molecule has 2 aromatic heterocycles. The Morgan fingerprint density at radius 1 is 0.429 bits per heavy atom. The smallest absolute Gasteiger partial charge is 0.227 e. The molecule has 4 heteroatoms. The van der Waals surface area contributed by atoms with Crippen molar-refractivity contribution in [2.75, 3.05) is 4.90 Å². The summed E-state index contributed by atoms with van der Waals surface area (Å²) < 4.78 is 12.9. The van der Waals surface area contributed by atoms with Crippen molar-refractivity contribution in [3.05, 3.63) is 170 Å². The van der Waals surface area contributed by atoms with Gasteiger partial charge in [0.25, 0.3) is 0 Å². The van der Waals surface area contributed by atoms with Gasteiger partial charge in [-0.15, -0.1) is 0 Å². The van der Waals surface area contributed by atoms with Crippen LogP contribution in [0.3, 0.4) is 0 Å². The van der Waals surface area contributed by atoms with E-state index >= 15 is 0 Å². The Bertz CT molecular complexity index is 2820. The highest BCUT2D eigenvalue weighted by Gasteiger charge is 2.20. The first-order valence-electron chi connectivity index (χ1n) is 16.5. The second-order valence-electron chi connectivity index (χ2n) is 12.4. The molecule has 8 aromatic carbocycles. The Morgan fingerprint density at radius 3 is 1.86 bits per heavy atom. The predicted molar refractivity (Wildman–Crippen MR) is 202 cm³/mol. The number of aromatic nitrogens is 1. The first-order valence-corrected chi connectivity index (χ1v) is 16.5. The third-order valence-corrected chi connectivity index (χ3v) is 9.45. The molecular formula is C45H28N2O2. The lowest BCUT2D eigenvalue weighted by Crippen LogP contribution is -2.09. The van der Waals surface area contributed by atoms with Crippen LogP contribution in [0.4, 0.5) is 17.1 Å². The SMILES string of the molecule is c1ccc(-c2nc3ccc4c(-c5ccccc5)cc5cc(N(c6ccccc6)c6ccc7c(c6)oc6ccccc67)ccc5c4c3o2)cc1. The van der Waals surface area contributed by atoms with Crippen molar-refractivity contribution in [3.8, 4) is 22.6 Å². The minimum absolute atomic E-state index is 0.620. The predicted octanol–water partition coefficient (Wildman–Crippen LogP) is 12.8. The molecule has 0 aliphatic rings. The van der Waals surface area contributed by atoms with Crippen molar-refractivity contribution >= 4 is 71.6 Å². The van der Waals surface area contributed by atoms with Gasteiger partial charge in [0.2, 0.25) is 5.89 Å². The molecule has 0 aliphatic heterocycles. The van der Waals surface area contributed by atoms with E-state index < -0.39 is 0 Å². The number of hydrogen-bond acceptors (Lipinski definition) is 4. The summed E-state index contributed by atoms with van der Waals surface area (Å²) in [5.74, 6) is 0.620. The fourth-order valence-corrected chi connectivity index (χ4v) is 7.19. The lowest BCUT2D eigenvalue weighted by Gasteiger charge is -2.26. The zero-order chi connectivity index (χ0) is 32.3. The molecule has 0 unspecified atom stereocenters. The van der Waals surface area contributed by atoms with Crippen molar-refractivity contribution < 1.29 is 8.83 Å². The number of anilines is 3. The van der Waals surface area contributed by atoms with E-state index in [4.69, 9.17) is 13.8 Å². The zero-order valence-corrected chi connectivity index (χ0v) is 26.4. The summed E-state index contributed by atoms with van der Waals surface area (Å²) in [6.45, 7) is 0. The monoisotopic (exact) mass is 628 g/mol. The number of fused-ring (bicyclic) bond motifs is 8. The molecule has 0 saturated heterocycles. The molecule has 0 spiro atoms. The van der Waals surface area contributed by atoms with Crippen LogP contribution in [0.1, 0.15) is 0 Å². The first kappa shape index (κ1) is 27.5. The van der Waals surface area contributed by atoms with Crippen molar-refractivity contribution in [2.24, 2.45) is 0 Å². The lowest BCUT2D eigenvalue weighted by molar-refractivity contribution is 0.623. The van der Waals surface area contributed by atoms with Gasteiger partial charge >= 0.3 is 0 Å². The fourth-order valence-electron chi connectivity index (χ4n) is 7.19. The molecule has 230 valence electrons. The molecule has 10 rings (SSSR count). The van der Waals surface area contributed by atoms with Gasteiger partial charge < -0.3 is 13.7 Å². The molecule has 0 bridgehead atoms. The molecule has 0 amide bonds. The summed E-state index contributed by atoms with van der Waals surface area (Å²) in [7, 11) is 0. The maximum Gasteiger partial charge on any atom is 0.227 e. The number of nitrogens with zero attached hydrogens (tertiary/aromatic N) is 2. The van der Waals surface area contributed by atoms with Gasteiger partial charge in [0.05, 0.1) is 0 Å². The summed E-state index contributed by atoms with van der Waals surface area (Å²) in [6.07, 6.45) is 0. The van der Waals surface area contributed by atoms with E-state index in [1.54, 1.807) is 0 Å². The molecule has 0 atom stereocenters. The quantitative estimate of drug-likeness (QED) is 0.178. The maximum atomic E-state index is 6.62. The number of oxazole rings is 1. The lowest BCUT2D eigenvalue weighted by atomic mass is 9.92. The Labute approximate surface area is 282 Å². The van der Waals surface area contributed by atoms with Crippen LogP contribution in [0.5, 0.6) is 0 Å². The van der Waals surface area contributed by atoms with E-state index in [1.165, 1.54) is 0 Å². The number of furan rings is 1. The zero-order valence-electron chi connectivity index (χ0n) is 26.4. The minimum atomic E-state index is 0.620. The Morgan fingerprint density at radius 2 is 1.06 bits per heavy atom. The summed E-state index contributed by atoms with van der Waals surface area (Å²) in [6, 6.07) is 59.1. The summed E-state index contributed by atoms with van der Waals surface area (Å²) in [5, 5.41) is 6.64. The van der Waals surface area contributed by atoms with Crippen LogP contribution in [0, 0.1) is 0 Å². The second-order valence-corrected chi connectivity index (χ2v) is 12.4. The van der Waals surface area contributed by atoms with E-state index in [0.29, 0.717) is 5.89 Å². The van der Waals surface area contributed by atoms with Crippen molar-refractivity contribution in [1.82, 2.24) is 4.98 Å². The standard InChI is InChI=1S/C45H28N2O2/c1-4-12-29(13-5-1)39-27-31-26-33(20-22-35(31)43-38(39)24-25-40-44(43)49-45(46-40)30-14-6-2-7-15-30)47(32-16-8-3-9-17-32)34-21-23-37-36-18-10-11-19-41(36)48-42(37)28-34/h1-28H. The van der Waals surface area contributed by atoms with Gasteiger partial charge in [0, 0.05) is 44.9 Å². The second kappa shape index (κ2) is 11.0. The van der Waals surface area contributed by atoms with Gasteiger partial charge in [-0.2, -0.15) is 0 Å². The molecule has 0 N–H and O–H groups in total. The van der Waals surface area contributed by atoms with E-state index in [1.807, 2.05) is 42.5 Å². The van der Waals surface area contributed by atoms with Gasteiger partial charge in [0.15, 0.2) is 5.58 Å². The van der Waals surface area contributed by atoms with Crippen LogP contribution in [-0.4, -0.2) is 4.98 Å². The normalized spacial score (nSPS) is 11.7. The molecular weight excluding hydrogens is 601 g/mol. The highest BCUT2D eigenvalue weighted by Crippen LogP contribution is 2.44. The third-order valence-electron chi connectivity index (χ3n) is 9.45. The molecule has 0 aliphatic carbocycles. The molecule has 10 aromatic rings. The average Bonchev–Trinajstić information content (AvgIpc) is 3.77. The topological polar surface area (TPSA) is 42.4 Å². The van der Waals surface area contributed by atoms with Crippen LogP contribution >= 0.6 is 0 Å². The van der Waals surface area contributed by atoms with Crippen molar-refractivity contribution in [1.29, 1.82) is 0 Å². The Balaban J connectivity index is 1.23. The molecule has 0 fully saturated rings. The highest BCUT2D eigenvalue weighted by atomic mass is 16.3. The van der Waals surface area contributed by atoms with Crippen molar-refractivity contribution in [2.45, 2.75) is 0 Å². The van der Waals surface area contributed by atoms with Crippen LogP contribution in [0.15, 0.2) is 179 Å². The summed E-state index contributed by atoms with van der Waals surface area (Å²) >= 11 is 0. The summed E-state index contributed by atoms with van der Waals surface area (Å²) in [4.78, 5) is 7.22. The van der Waals surface area contributed by atoms with E-state index in [2.05, 4.69) is 132 Å². The molecule has 2 heterocycles. The third kappa shape index (κ3) is 4.49. The van der Waals surface area contributed by atoms with Gasteiger partial charge in [-0.05, 0) is 94.0 Å². The van der Waals surface area contributed by atoms with E-state index in [9.17, 15) is 0 Å². The van der Waals surface area contributed by atoms with Crippen LogP contribution in [0.2, 0.25) is 0 Å². The summed E-state index contributed by atoms with van der Waals surface area (Å²) in [5.41, 5.74) is 9.76. The number of para-hydroxylation sites is 2.